The van der Waals surface area contributed by atoms with Crippen LogP contribution in [0.15, 0.2) is 6.07 Å². The third-order valence-corrected chi connectivity index (χ3v) is 2.50. The molecule has 0 fully saturated rings. The molecule has 0 bridgehead atoms. The zero-order valence-corrected chi connectivity index (χ0v) is 10.7. The van der Waals surface area contributed by atoms with E-state index < -0.39 is 0 Å². The molecule has 5 heteroatoms. The molecule has 0 radical (unpaired) electrons. The van der Waals surface area contributed by atoms with Crippen molar-refractivity contribution in [1.29, 1.82) is 0 Å². The Labute approximate surface area is 98.2 Å². The normalized spacial score (nSPS) is 10.3. The minimum absolute atomic E-state index is 0.0523. The summed E-state index contributed by atoms with van der Waals surface area (Å²) in [5, 5.41) is 7.90. The number of nitrogens with one attached hydrogen (secondary N) is 1. The smallest absolute Gasteiger partial charge is 0.269 e. The van der Waals surface area contributed by atoms with Gasteiger partial charge in [-0.3, -0.25) is 9.48 Å². The molecular weight excluding hydrogens is 258 g/mol. The second-order valence-electron chi connectivity index (χ2n) is 3.14. The number of aryl methyl sites for hydroxylation is 2. The van der Waals surface area contributed by atoms with Crippen LogP contribution in [0.2, 0.25) is 0 Å². The molecule has 0 aromatic carbocycles. The van der Waals surface area contributed by atoms with E-state index in [1.807, 2.05) is 19.9 Å². The van der Waals surface area contributed by atoms with Gasteiger partial charge in [0.1, 0.15) is 5.69 Å². The number of hydrogen-bond donors (Lipinski definition) is 1. The summed E-state index contributed by atoms with van der Waals surface area (Å²) in [6, 6.07) is 1.85. The molecule has 1 heterocycles. The SMILES string of the molecule is CCc1cc(C(=O)NCCBr)n(CC)n1. The Kier molecular flexibility index (Phi) is 4.81. The van der Waals surface area contributed by atoms with E-state index in [2.05, 4.69) is 26.3 Å². The molecular formula is C10H16BrN3O. The van der Waals surface area contributed by atoms with Gasteiger partial charge in [0.2, 0.25) is 0 Å². The predicted molar refractivity (Wildman–Crippen MR) is 63.4 cm³/mol. The Morgan fingerprint density at radius 2 is 2.33 bits per heavy atom. The first-order valence-electron chi connectivity index (χ1n) is 5.13. The van der Waals surface area contributed by atoms with Gasteiger partial charge in [-0.05, 0) is 19.4 Å². The average Bonchev–Trinajstić information content (AvgIpc) is 2.69. The molecule has 0 aliphatic carbocycles. The zero-order valence-electron chi connectivity index (χ0n) is 9.09. The standard InChI is InChI=1S/C10H16BrN3O/c1-3-8-7-9(14(4-2)13-8)10(15)12-6-5-11/h7H,3-6H2,1-2H3,(H,12,15). The van der Waals surface area contributed by atoms with Gasteiger partial charge in [-0.15, -0.1) is 0 Å². The lowest BCUT2D eigenvalue weighted by molar-refractivity contribution is 0.0945. The molecule has 0 saturated carbocycles. The van der Waals surface area contributed by atoms with Crippen LogP contribution in [0.25, 0.3) is 0 Å². The summed E-state index contributed by atoms with van der Waals surface area (Å²) in [6.07, 6.45) is 0.853. The van der Waals surface area contributed by atoms with Crippen LogP contribution in [0.5, 0.6) is 0 Å². The van der Waals surface area contributed by atoms with E-state index in [1.54, 1.807) is 4.68 Å². The molecule has 0 unspecified atom stereocenters. The van der Waals surface area contributed by atoms with Crippen molar-refractivity contribution in [1.82, 2.24) is 15.1 Å². The van der Waals surface area contributed by atoms with Crippen molar-refractivity contribution >= 4 is 21.8 Å². The van der Waals surface area contributed by atoms with Crippen LogP contribution in [-0.2, 0) is 13.0 Å². The first-order chi connectivity index (χ1) is 7.22. The van der Waals surface area contributed by atoms with E-state index in [0.717, 1.165) is 24.0 Å². The molecule has 1 N–H and O–H groups in total. The van der Waals surface area contributed by atoms with Gasteiger partial charge in [0, 0.05) is 18.4 Å². The van der Waals surface area contributed by atoms with Crippen molar-refractivity contribution in [3.63, 3.8) is 0 Å². The van der Waals surface area contributed by atoms with Crippen molar-refractivity contribution < 1.29 is 4.79 Å². The molecule has 84 valence electrons. The molecule has 1 amide bonds. The summed E-state index contributed by atoms with van der Waals surface area (Å²) in [4.78, 5) is 11.7. The van der Waals surface area contributed by atoms with E-state index in [-0.39, 0.29) is 5.91 Å². The third-order valence-electron chi connectivity index (χ3n) is 2.11. The van der Waals surface area contributed by atoms with Gasteiger partial charge in [0.25, 0.3) is 5.91 Å². The lowest BCUT2D eigenvalue weighted by Crippen LogP contribution is -2.27. The highest BCUT2D eigenvalue weighted by atomic mass is 79.9. The molecule has 0 aliphatic rings. The summed E-state index contributed by atoms with van der Waals surface area (Å²) in [5.74, 6) is -0.0523. The highest BCUT2D eigenvalue weighted by Crippen LogP contribution is 2.05. The first kappa shape index (κ1) is 12.2. The quantitative estimate of drug-likeness (QED) is 0.829. The van der Waals surface area contributed by atoms with Crippen LogP contribution in [-0.4, -0.2) is 27.6 Å². The topological polar surface area (TPSA) is 46.9 Å². The highest BCUT2D eigenvalue weighted by molar-refractivity contribution is 9.09. The number of aromatic nitrogens is 2. The molecule has 15 heavy (non-hydrogen) atoms. The third kappa shape index (κ3) is 3.06. The summed E-state index contributed by atoms with van der Waals surface area (Å²) in [6.45, 7) is 5.36. The molecule has 0 aliphatic heterocycles. The maximum Gasteiger partial charge on any atom is 0.269 e. The molecule has 4 nitrogen and oxygen atoms in total. The summed E-state index contributed by atoms with van der Waals surface area (Å²) >= 11 is 3.27. The van der Waals surface area contributed by atoms with Crippen molar-refractivity contribution in [2.75, 3.05) is 11.9 Å². The van der Waals surface area contributed by atoms with Crippen LogP contribution >= 0.6 is 15.9 Å². The predicted octanol–water partition coefficient (Wildman–Crippen LogP) is 1.59. The Morgan fingerprint density at radius 1 is 1.60 bits per heavy atom. The average molecular weight is 274 g/mol. The molecule has 1 aromatic heterocycles. The highest BCUT2D eigenvalue weighted by Gasteiger charge is 2.12. The van der Waals surface area contributed by atoms with Gasteiger partial charge in [-0.25, -0.2) is 0 Å². The molecule has 1 aromatic rings. The second-order valence-corrected chi connectivity index (χ2v) is 3.93. The minimum atomic E-state index is -0.0523. The number of rotatable bonds is 5. The largest absolute Gasteiger partial charge is 0.350 e. The van der Waals surface area contributed by atoms with Gasteiger partial charge >= 0.3 is 0 Å². The Balaban J connectivity index is 2.81. The Bertz CT molecular complexity index is 335. The molecule has 0 saturated heterocycles. The fourth-order valence-electron chi connectivity index (χ4n) is 1.32. The number of hydrogen-bond acceptors (Lipinski definition) is 2. The van der Waals surface area contributed by atoms with E-state index in [1.165, 1.54) is 0 Å². The van der Waals surface area contributed by atoms with Crippen LogP contribution < -0.4 is 5.32 Å². The number of nitrogens with zero attached hydrogens (tertiary/aromatic N) is 2. The van der Waals surface area contributed by atoms with Crippen LogP contribution in [0.1, 0.15) is 30.0 Å². The van der Waals surface area contributed by atoms with Gasteiger partial charge in [0.15, 0.2) is 0 Å². The number of carbonyl (C=O) groups is 1. The number of halogens is 1. The molecule has 0 atom stereocenters. The number of alkyl halides is 1. The summed E-state index contributed by atoms with van der Waals surface area (Å²) in [7, 11) is 0. The van der Waals surface area contributed by atoms with Gasteiger partial charge in [-0.2, -0.15) is 5.10 Å². The van der Waals surface area contributed by atoms with Crippen molar-refractivity contribution in [2.45, 2.75) is 26.8 Å². The van der Waals surface area contributed by atoms with E-state index >= 15 is 0 Å². The fraction of sp³-hybridized carbons (Fsp3) is 0.600. The summed E-state index contributed by atoms with van der Waals surface area (Å²) < 4.78 is 1.74. The van der Waals surface area contributed by atoms with Crippen LogP contribution in [0.3, 0.4) is 0 Å². The van der Waals surface area contributed by atoms with E-state index in [4.69, 9.17) is 0 Å². The van der Waals surface area contributed by atoms with Crippen molar-refractivity contribution in [2.24, 2.45) is 0 Å². The maximum absolute atomic E-state index is 11.7. The number of amides is 1. The van der Waals surface area contributed by atoms with Gasteiger partial charge < -0.3 is 5.32 Å². The van der Waals surface area contributed by atoms with Crippen molar-refractivity contribution in [3.05, 3.63) is 17.5 Å². The monoisotopic (exact) mass is 273 g/mol. The molecule has 0 spiro atoms. The second kappa shape index (κ2) is 5.90. The van der Waals surface area contributed by atoms with E-state index in [0.29, 0.717) is 12.2 Å². The van der Waals surface area contributed by atoms with Crippen LogP contribution in [0, 0.1) is 0 Å². The minimum Gasteiger partial charge on any atom is -0.350 e. The maximum atomic E-state index is 11.7. The summed E-state index contributed by atoms with van der Waals surface area (Å²) in [5.41, 5.74) is 1.61. The molecule has 1 rings (SSSR count). The first-order valence-corrected chi connectivity index (χ1v) is 6.25. The Morgan fingerprint density at radius 3 is 2.87 bits per heavy atom. The number of carbonyl (C=O) groups excluding carboxylic acids is 1. The lowest BCUT2D eigenvalue weighted by atomic mass is 10.3. The van der Waals surface area contributed by atoms with Gasteiger partial charge in [0.05, 0.1) is 5.69 Å². The fourth-order valence-corrected chi connectivity index (χ4v) is 1.52. The van der Waals surface area contributed by atoms with E-state index in [9.17, 15) is 4.79 Å². The van der Waals surface area contributed by atoms with Crippen LogP contribution in [0.4, 0.5) is 0 Å². The van der Waals surface area contributed by atoms with Crippen molar-refractivity contribution in [3.8, 4) is 0 Å². The van der Waals surface area contributed by atoms with Gasteiger partial charge in [-0.1, -0.05) is 22.9 Å². The lowest BCUT2D eigenvalue weighted by Gasteiger charge is -2.04. The Hall–Kier alpha value is -0.840. The zero-order chi connectivity index (χ0) is 11.3.